The smallest absolute Gasteiger partial charge is 0.268 e. The molecule has 4 aliphatic rings. The number of amides is 1. The van der Waals surface area contributed by atoms with Crippen molar-refractivity contribution in [2.24, 2.45) is 23.2 Å². The van der Waals surface area contributed by atoms with Gasteiger partial charge in [-0.05, 0) is 73.8 Å². The molecular formula is C23H29N7O. The average Bonchev–Trinajstić information content (AvgIpc) is 3.40. The highest BCUT2D eigenvalue weighted by Gasteiger charge is 2.50. The molecule has 1 amide bonds. The van der Waals surface area contributed by atoms with Crippen LogP contribution in [0.5, 0.6) is 0 Å². The lowest BCUT2D eigenvalue weighted by atomic mass is 9.49. The third-order valence-electron chi connectivity index (χ3n) is 7.92. The van der Waals surface area contributed by atoms with Crippen LogP contribution in [0.1, 0.15) is 73.4 Å². The van der Waals surface area contributed by atoms with Crippen LogP contribution in [-0.2, 0) is 6.42 Å². The molecule has 4 aliphatic carbocycles. The van der Waals surface area contributed by atoms with E-state index in [9.17, 15) is 4.79 Å². The van der Waals surface area contributed by atoms with Gasteiger partial charge >= 0.3 is 0 Å². The minimum Gasteiger partial charge on any atom is -0.350 e. The number of aromatic amines is 1. The Kier molecular flexibility index (Phi) is 4.36. The molecule has 4 saturated carbocycles. The molecule has 0 aliphatic heterocycles. The largest absolute Gasteiger partial charge is 0.350 e. The summed E-state index contributed by atoms with van der Waals surface area (Å²) >= 11 is 0. The van der Waals surface area contributed by atoms with Gasteiger partial charge in [0, 0.05) is 25.1 Å². The first kappa shape index (κ1) is 19.0. The molecular weight excluding hydrogens is 390 g/mol. The molecule has 8 heteroatoms. The standard InChI is InChI=1S/C23H29N7O/c1-14(5-20-26-28-29-27-20)18-12-30-19(3-2-4-21(30)25-18)22(31)24-13-23-9-15-6-16(10-23)8-17(7-15)11-23/h2-4,12,14-17H,5-11,13H2,1H3,(H,24,31)(H,26,27,28,29). The van der Waals surface area contributed by atoms with Crippen LogP contribution in [0.2, 0.25) is 0 Å². The highest BCUT2D eigenvalue weighted by molar-refractivity contribution is 5.93. The molecule has 3 heterocycles. The van der Waals surface area contributed by atoms with Crippen LogP contribution in [-0.4, -0.2) is 42.5 Å². The van der Waals surface area contributed by atoms with Crippen LogP contribution >= 0.6 is 0 Å². The van der Waals surface area contributed by atoms with Crippen molar-refractivity contribution in [3.05, 3.63) is 41.6 Å². The van der Waals surface area contributed by atoms with Gasteiger partial charge in [-0.3, -0.25) is 9.20 Å². The van der Waals surface area contributed by atoms with E-state index in [0.29, 0.717) is 23.4 Å². The van der Waals surface area contributed by atoms with E-state index in [0.717, 1.165) is 35.6 Å². The summed E-state index contributed by atoms with van der Waals surface area (Å²) in [5.74, 6) is 3.46. The summed E-state index contributed by atoms with van der Waals surface area (Å²) in [4.78, 5) is 17.9. The molecule has 7 rings (SSSR count). The molecule has 0 aromatic carbocycles. The Morgan fingerprint density at radius 3 is 2.65 bits per heavy atom. The van der Waals surface area contributed by atoms with Gasteiger partial charge in [-0.1, -0.05) is 18.2 Å². The first-order valence-electron chi connectivity index (χ1n) is 11.6. The van der Waals surface area contributed by atoms with E-state index in [1.807, 2.05) is 28.8 Å². The van der Waals surface area contributed by atoms with Crippen molar-refractivity contribution in [1.29, 1.82) is 0 Å². The van der Waals surface area contributed by atoms with Crippen molar-refractivity contribution in [3.8, 4) is 0 Å². The molecule has 0 radical (unpaired) electrons. The number of pyridine rings is 1. The van der Waals surface area contributed by atoms with E-state index in [1.54, 1.807) is 0 Å². The Morgan fingerprint density at radius 1 is 1.23 bits per heavy atom. The molecule has 1 unspecified atom stereocenters. The summed E-state index contributed by atoms with van der Waals surface area (Å²) in [7, 11) is 0. The van der Waals surface area contributed by atoms with Crippen LogP contribution in [0, 0.1) is 23.2 Å². The predicted molar refractivity (Wildman–Crippen MR) is 114 cm³/mol. The Hall–Kier alpha value is -2.77. The van der Waals surface area contributed by atoms with Crippen LogP contribution in [0.15, 0.2) is 24.4 Å². The Balaban J connectivity index is 1.19. The number of tetrazole rings is 1. The van der Waals surface area contributed by atoms with Gasteiger partial charge in [-0.15, -0.1) is 10.2 Å². The second kappa shape index (κ2) is 7.14. The van der Waals surface area contributed by atoms with E-state index in [4.69, 9.17) is 4.98 Å². The summed E-state index contributed by atoms with van der Waals surface area (Å²) in [5, 5.41) is 17.5. The molecule has 162 valence electrons. The number of H-pyrrole nitrogens is 1. The van der Waals surface area contributed by atoms with Crippen molar-refractivity contribution in [2.45, 2.75) is 57.8 Å². The van der Waals surface area contributed by atoms with E-state index in [2.05, 4.69) is 32.9 Å². The minimum atomic E-state index is -0.00360. The molecule has 1 atom stereocenters. The topological polar surface area (TPSA) is 101 Å². The van der Waals surface area contributed by atoms with Crippen molar-refractivity contribution in [2.75, 3.05) is 6.54 Å². The number of carbonyl (C=O) groups is 1. The highest BCUT2D eigenvalue weighted by Crippen LogP contribution is 2.59. The predicted octanol–water partition coefficient (Wildman–Crippen LogP) is 3.14. The zero-order chi connectivity index (χ0) is 21.0. The Morgan fingerprint density at radius 2 is 1.97 bits per heavy atom. The SMILES string of the molecule is CC(Cc1nn[nH]n1)c1cn2c(C(=O)NCC34CC5CC(CC(C5)C3)C4)cccc2n1. The lowest BCUT2D eigenvalue weighted by molar-refractivity contribution is -0.0503. The summed E-state index contributed by atoms with van der Waals surface area (Å²) in [6.45, 7) is 2.90. The fourth-order valence-electron chi connectivity index (χ4n) is 6.96. The summed E-state index contributed by atoms with van der Waals surface area (Å²) in [6, 6.07) is 5.74. The van der Waals surface area contributed by atoms with Crippen molar-refractivity contribution < 1.29 is 4.79 Å². The first-order valence-corrected chi connectivity index (χ1v) is 11.6. The third-order valence-corrected chi connectivity index (χ3v) is 7.92. The maximum atomic E-state index is 13.2. The summed E-state index contributed by atoms with van der Waals surface area (Å²) in [6.07, 6.45) is 10.8. The molecule has 0 saturated heterocycles. The van der Waals surface area contributed by atoms with E-state index in [-0.39, 0.29) is 11.8 Å². The number of aromatic nitrogens is 6. The Labute approximate surface area is 181 Å². The molecule has 2 N–H and O–H groups in total. The first-order chi connectivity index (χ1) is 15.1. The number of carbonyl (C=O) groups excluding carboxylic acids is 1. The zero-order valence-corrected chi connectivity index (χ0v) is 17.9. The number of fused-ring (bicyclic) bond motifs is 1. The molecule has 8 nitrogen and oxygen atoms in total. The number of rotatable bonds is 6. The van der Waals surface area contributed by atoms with Crippen LogP contribution in [0.25, 0.3) is 5.65 Å². The monoisotopic (exact) mass is 419 g/mol. The van der Waals surface area contributed by atoms with Crippen molar-refractivity contribution in [1.82, 2.24) is 35.3 Å². The molecule has 3 aromatic rings. The Bertz CT molecular complexity index is 1070. The number of hydrogen-bond donors (Lipinski definition) is 2. The fraction of sp³-hybridized carbons (Fsp3) is 0.609. The highest BCUT2D eigenvalue weighted by atomic mass is 16.1. The van der Waals surface area contributed by atoms with Gasteiger partial charge in [0.1, 0.15) is 11.3 Å². The van der Waals surface area contributed by atoms with E-state index >= 15 is 0 Å². The van der Waals surface area contributed by atoms with Gasteiger partial charge in [0.15, 0.2) is 5.82 Å². The second-order valence-electron chi connectivity index (χ2n) is 10.3. The lowest BCUT2D eigenvalue weighted by Crippen LogP contribution is -2.51. The van der Waals surface area contributed by atoms with Crippen LogP contribution in [0.4, 0.5) is 0 Å². The summed E-state index contributed by atoms with van der Waals surface area (Å²) in [5.41, 5.74) is 2.69. The average molecular weight is 420 g/mol. The van der Waals surface area contributed by atoms with Crippen molar-refractivity contribution >= 4 is 11.6 Å². The molecule has 0 spiro atoms. The maximum Gasteiger partial charge on any atom is 0.268 e. The quantitative estimate of drug-likeness (QED) is 0.639. The number of nitrogens with zero attached hydrogens (tertiary/aromatic N) is 5. The van der Waals surface area contributed by atoms with E-state index < -0.39 is 0 Å². The van der Waals surface area contributed by atoms with Crippen LogP contribution < -0.4 is 5.32 Å². The summed E-state index contributed by atoms with van der Waals surface area (Å²) < 4.78 is 1.91. The number of hydrogen-bond acceptors (Lipinski definition) is 5. The van der Waals surface area contributed by atoms with Gasteiger partial charge in [0.2, 0.25) is 0 Å². The molecule has 3 aromatic heterocycles. The lowest BCUT2D eigenvalue weighted by Gasteiger charge is -2.56. The number of imidazole rings is 1. The second-order valence-corrected chi connectivity index (χ2v) is 10.3. The maximum absolute atomic E-state index is 13.2. The van der Waals surface area contributed by atoms with E-state index in [1.165, 1.54) is 38.5 Å². The normalized spacial score (nSPS) is 30.0. The molecule has 4 fully saturated rings. The van der Waals surface area contributed by atoms with Gasteiger partial charge in [0.25, 0.3) is 5.91 Å². The minimum absolute atomic E-state index is 0.00360. The van der Waals surface area contributed by atoms with Crippen molar-refractivity contribution in [3.63, 3.8) is 0 Å². The van der Waals surface area contributed by atoms with Gasteiger partial charge in [-0.25, -0.2) is 4.98 Å². The van der Waals surface area contributed by atoms with Gasteiger partial charge in [-0.2, -0.15) is 5.21 Å². The van der Waals surface area contributed by atoms with Gasteiger partial charge in [0.05, 0.1) is 5.69 Å². The molecule has 31 heavy (non-hydrogen) atoms. The molecule has 4 bridgehead atoms. The number of nitrogens with one attached hydrogen (secondary N) is 2. The van der Waals surface area contributed by atoms with Gasteiger partial charge < -0.3 is 5.32 Å². The third kappa shape index (κ3) is 3.42. The van der Waals surface area contributed by atoms with Crippen LogP contribution in [0.3, 0.4) is 0 Å². The zero-order valence-electron chi connectivity index (χ0n) is 17.9. The fourth-order valence-corrected chi connectivity index (χ4v) is 6.96.